The van der Waals surface area contributed by atoms with Gasteiger partial charge in [-0.1, -0.05) is 30.3 Å². The summed E-state index contributed by atoms with van der Waals surface area (Å²) in [6, 6.07) is 12.5. The molecule has 0 atom stereocenters. The van der Waals surface area contributed by atoms with Crippen LogP contribution in [0.2, 0.25) is 0 Å². The molecule has 2 aromatic carbocycles. The van der Waals surface area contributed by atoms with Gasteiger partial charge in [0.15, 0.2) is 6.29 Å². The highest BCUT2D eigenvalue weighted by Gasteiger charge is 2.03. The van der Waals surface area contributed by atoms with E-state index in [0.29, 0.717) is 6.29 Å². The molecule has 0 aliphatic heterocycles. The van der Waals surface area contributed by atoms with Crippen LogP contribution in [0.25, 0.3) is 11.1 Å². The number of benzene rings is 2. The lowest BCUT2D eigenvalue weighted by atomic mass is 10.0. The molecule has 0 aliphatic rings. The minimum absolute atomic E-state index is 0.0184. The van der Waals surface area contributed by atoms with E-state index >= 15 is 0 Å². The molecule has 0 fully saturated rings. The van der Waals surface area contributed by atoms with Gasteiger partial charge in [0.25, 0.3) is 0 Å². The van der Waals surface area contributed by atoms with Gasteiger partial charge in [0, 0.05) is 0 Å². The monoisotopic (exact) mass is 240 g/mol. The van der Waals surface area contributed by atoms with Crippen molar-refractivity contribution in [3.63, 3.8) is 0 Å². The van der Waals surface area contributed by atoms with Gasteiger partial charge in [-0.2, -0.15) is 5.10 Å². The number of aldehydes is 1. The summed E-state index contributed by atoms with van der Waals surface area (Å²) in [5.74, 6) is 5.05. The van der Waals surface area contributed by atoms with Crippen molar-refractivity contribution in [3.05, 3.63) is 53.6 Å². The number of hydrogen-bond donors (Lipinski definition) is 2. The van der Waals surface area contributed by atoms with Crippen molar-refractivity contribution in [1.82, 2.24) is 0 Å². The number of phenols is 1. The van der Waals surface area contributed by atoms with Crippen LogP contribution in [0.4, 0.5) is 0 Å². The van der Waals surface area contributed by atoms with Crippen molar-refractivity contribution in [2.45, 2.75) is 0 Å². The third-order valence-electron chi connectivity index (χ3n) is 2.63. The maximum atomic E-state index is 10.6. The molecule has 0 amide bonds. The average Bonchev–Trinajstić information content (AvgIpc) is 2.40. The highest BCUT2D eigenvalue weighted by molar-refractivity contribution is 5.83. The van der Waals surface area contributed by atoms with E-state index in [2.05, 4.69) is 5.10 Å². The van der Waals surface area contributed by atoms with E-state index in [1.807, 2.05) is 24.3 Å². The molecule has 0 aliphatic carbocycles. The maximum absolute atomic E-state index is 10.6. The number of nitrogens with zero attached hydrogens (tertiary/aromatic N) is 1. The normalized spacial score (nSPS) is 10.7. The van der Waals surface area contributed by atoms with Gasteiger partial charge < -0.3 is 10.9 Å². The molecule has 0 saturated heterocycles. The zero-order valence-corrected chi connectivity index (χ0v) is 9.58. The van der Waals surface area contributed by atoms with E-state index in [4.69, 9.17) is 5.84 Å². The van der Waals surface area contributed by atoms with Gasteiger partial charge >= 0.3 is 0 Å². The number of aromatic hydroxyl groups is 1. The fraction of sp³-hybridized carbons (Fsp3) is 0. The highest BCUT2D eigenvalue weighted by atomic mass is 16.3. The topological polar surface area (TPSA) is 75.7 Å². The van der Waals surface area contributed by atoms with Crippen LogP contribution in [0.1, 0.15) is 15.9 Å². The van der Waals surface area contributed by atoms with Crippen molar-refractivity contribution in [2.75, 3.05) is 0 Å². The summed E-state index contributed by atoms with van der Waals surface area (Å²) in [6.07, 6.45) is 2.18. The number of phenolic OH excluding ortho intramolecular Hbond substituents is 1. The van der Waals surface area contributed by atoms with E-state index < -0.39 is 0 Å². The standard InChI is InChI=1S/C14H12N2O2/c15-16-8-10-1-3-11(4-2-10)12-5-6-13(9-17)14(18)7-12/h1-9,18H,15H2. The zero-order chi connectivity index (χ0) is 13.0. The SMILES string of the molecule is NN=Cc1ccc(-c2ccc(C=O)c(O)c2)cc1. The van der Waals surface area contributed by atoms with Crippen LogP contribution < -0.4 is 5.84 Å². The molecule has 0 aromatic heterocycles. The van der Waals surface area contributed by atoms with Crippen LogP contribution >= 0.6 is 0 Å². The summed E-state index contributed by atoms with van der Waals surface area (Å²) < 4.78 is 0. The number of nitrogens with two attached hydrogens (primary N) is 1. The van der Waals surface area contributed by atoms with E-state index in [-0.39, 0.29) is 11.3 Å². The molecule has 0 heterocycles. The van der Waals surface area contributed by atoms with Crippen LogP contribution in [0.3, 0.4) is 0 Å². The van der Waals surface area contributed by atoms with Gasteiger partial charge in [0.1, 0.15) is 5.75 Å². The van der Waals surface area contributed by atoms with Gasteiger partial charge in [-0.05, 0) is 28.8 Å². The molecule has 4 heteroatoms. The van der Waals surface area contributed by atoms with E-state index in [1.165, 1.54) is 0 Å². The molecule has 2 rings (SSSR count). The largest absolute Gasteiger partial charge is 0.507 e. The Balaban J connectivity index is 2.36. The summed E-state index contributed by atoms with van der Waals surface area (Å²) >= 11 is 0. The van der Waals surface area contributed by atoms with Crippen LogP contribution in [0.5, 0.6) is 5.75 Å². The minimum Gasteiger partial charge on any atom is -0.507 e. The Kier molecular flexibility index (Phi) is 3.38. The fourth-order valence-electron chi connectivity index (χ4n) is 1.67. The van der Waals surface area contributed by atoms with Crippen LogP contribution in [-0.4, -0.2) is 17.6 Å². The Morgan fingerprint density at radius 3 is 2.28 bits per heavy atom. The number of carbonyl (C=O) groups excluding carboxylic acids is 1. The summed E-state index contributed by atoms with van der Waals surface area (Å²) in [5.41, 5.74) is 2.96. The molecule has 0 unspecified atom stereocenters. The van der Waals surface area contributed by atoms with Gasteiger partial charge in [0.2, 0.25) is 0 Å². The predicted octanol–water partition coefficient (Wildman–Crippen LogP) is 2.16. The lowest BCUT2D eigenvalue weighted by Gasteiger charge is -2.04. The van der Waals surface area contributed by atoms with Crippen molar-refractivity contribution in [2.24, 2.45) is 10.9 Å². The first-order valence-corrected chi connectivity index (χ1v) is 5.36. The van der Waals surface area contributed by atoms with E-state index in [1.54, 1.807) is 24.4 Å². The second kappa shape index (κ2) is 5.14. The van der Waals surface area contributed by atoms with Crippen LogP contribution in [-0.2, 0) is 0 Å². The Morgan fingerprint density at radius 2 is 1.72 bits per heavy atom. The number of hydrazone groups is 1. The molecule has 18 heavy (non-hydrogen) atoms. The average molecular weight is 240 g/mol. The quantitative estimate of drug-likeness (QED) is 0.373. The fourth-order valence-corrected chi connectivity index (χ4v) is 1.67. The summed E-state index contributed by atoms with van der Waals surface area (Å²) in [6.45, 7) is 0. The Labute approximate surface area is 104 Å². The van der Waals surface area contributed by atoms with Gasteiger partial charge in [-0.15, -0.1) is 0 Å². The van der Waals surface area contributed by atoms with Gasteiger partial charge in [0.05, 0.1) is 11.8 Å². The first-order chi connectivity index (χ1) is 8.74. The summed E-state index contributed by atoms with van der Waals surface area (Å²) in [4.78, 5) is 10.6. The predicted molar refractivity (Wildman–Crippen MR) is 70.7 cm³/mol. The van der Waals surface area contributed by atoms with Crippen molar-refractivity contribution in [1.29, 1.82) is 0 Å². The Hall–Kier alpha value is -2.62. The first kappa shape index (κ1) is 11.9. The molecule has 0 spiro atoms. The van der Waals surface area contributed by atoms with Gasteiger partial charge in [-0.3, -0.25) is 4.79 Å². The van der Waals surface area contributed by atoms with Crippen LogP contribution in [0.15, 0.2) is 47.6 Å². The molecule has 0 bridgehead atoms. The van der Waals surface area contributed by atoms with E-state index in [0.717, 1.165) is 16.7 Å². The van der Waals surface area contributed by atoms with Crippen LogP contribution in [0, 0.1) is 0 Å². The zero-order valence-electron chi connectivity index (χ0n) is 9.58. The molecular formula is C14H12N2O2. The first-order valence-electron chi connectivity index (χ1n) is 5.36. The third kappa shape index (κ3) is 2.38. The Morgan fingerprint density at radius 1 is 1.06 bits per heavy atom. The molecule has 4 nitrogen and oxygen atoms in total. The van der Waals surface area contributed by atoms with E-state index in [9.17, 15) is 9.90 Å². The lowest BCUT2D eigenvalue weighted by Crippen LogP contribution is -1.87. The second-order valence-electron chi connectivity index (χ2n) is 3.79. The summed E-state index contributed by atoms with van der Waals surface area (Å²) in [5, 5.41) is 13.1. The number of hydrogen-bond acceptors (Lipinski definition) is 4. The van der Waals surface area contributed by atoms with Crippen molar-refractivity contribution < 1.29 is 9.90 Å². The summed E-state index contributed by atoms with van der Waals surface area (Å²) in [7, 11) is 0. The Bertz CT molecular complexity index is 589. The number of carbonyl (C=O) groups is 1. The third-order valence-corrected chi connectivity index (χ3v) is 2.63. The second-order valence-corrected chi connectivity index (χ2v) is 3.79. The van der Waals surface area contributed by atoms with Crippen molar-refractivity contribution >= 4 is 12.5 Å². The molecule has 3 N–H and O–H groups in total. The van der Waals surface area contributed by atoms with Crippen molar-refractivity contribution in [3.8, 4) is 16.9 Å². The lowest BCUT2D eigenvalue weighted by molar-refractivity contribution is 0.112. The molecule has 0 radical (unpaired) electrons. The minimum atomic E-state index is -0.0184. The smallest absolute Gasteiger partial charge is 0.153 e. The van der Waals surface area contributed by atoms with Gasteiger partial charge in [-0.25, -0.2) is 0 Å². The molecular weight excluding hydrogens is 228 g/mol. The maximum Gasteiger partial charge on any atom is 0.153 e. The highest BCUT2D eigenvalue weighted by Crippen LogP contribution is 2.25. The number of rotatable bonds is 3. The molecule has 2 aromatic rings. The molecule has 90 valence electrons. The molecule has 0 saturated carbocycles.